The Hall–Kier alpha value is -1.35. The van der Waals surface area contributed by atoms with Crippen LogP contribution in [-0.4, -0.2) is 19.0 Å². The second kappa shape index (κ2) is 4.26. The third-order valence-corrected chi connectivity index (χ3v) is 3.05. The van der Waals surface area contributed by atoms with Crippen molar-refractivity contribution in [1.29, 1.82) is 0 Å². The molecule has 3 nitrogen and oxygen atoms in total. The Morgan fingerprint density at radius 2 is 2.19 bits per heavy atom. The Balaban J connectivity index is 2.30. The SMILES string of the molecule is CC(N)Cc1ccc2c(c1)CCC(=O)N2C. The Labute approximate surface area is 96.2 Å². The molecule has 3 heteroatoms. The van der Waals surface area contributed by atoms with Crippen LogP contribution in [0.5, 0.6) is 0 Å². The number of hydrogen-bond donors (Lipinski definition) is 1. The molecule has 86 valence electrons. The van der Waals surface area contributed by atoms with Crippen LogP contribution in [0.15, 0.2) is 18.2 Å². The highest BCUT2D eigenvalue weighted by molar-refractivity contribution is 5.95. The Kier molecular flexibility index (Phi) is 2.97. The van der Waals surface area contributed by atoms with Crippen molar-refractivity contribution in [2.24, 2.45) is 5.73 Å². The van der Waals surface area contributed by atoms with Crippen LogP contribution in [0.25, 0.3) is 0 Å². The van der Waals surface area contributed by atoms with Gasteiger partial charge in [-0.15, -0.1) is 0 Å². The summed E-state index contributed by atoms with van der Waals surface area (Å²) in [6.07, 6.45) is 2.36. The van der Waals surface area contributed by atoms with Crippen LogP contribution >= 0.6 is 0 Å². The van der Waals surface area contributed by atoms with Crippen molar-refractivity contribution in [1.82, 2.24) is 0 Å². The Morgan fingerprint density at radius 1 is 1.44 bits per heavy atom. The molecule has 1 amide bonds. The zero-order chi connectivity index (χ0) is 11.7. The lowest BCUT2D eigenvalue weighted by Crippen LogP contribution is -2.31. The molecule has 0 fully saturated rings. The predicted molar refractivity (Wildman–Crippen MR) is 65.5 cm³/mol. The van der Waals surface area contributed by atoms with Gasteiger partial charge < -0.3 is 10.6 Å². The van der Waals surface area contributed by atoms with Crippen LogP contribution in [0.4, 0.5) is 5.69 Å². The molecule has 1 aliphatic rings. The summed E-state index contributed by atoms with van der Waals surface area (Å²) in [6.45, 7) is 2.01. The second-order valence-corrected chi connectivity index (χ2v) is 4.60. The molecule has 0 spiro atoms. The molecule has 1 heterocycles. The number of hydrogen-bond acceptors (Lipinski definition) is 2. The maximum atomic E-state index is 11.5. The third-order valence-electron chi connectivity index (χ3n) is 3.05. The second-order valence-electron chi connectivity index (χ2n) is 4.60. The first-order chi connectivity index (χ1) is 7.58. The zero-order valence-electron chi connectivity index (χ0n) is 9.86. The highest BCUT2D eigenvalue weighted by atomic mass is 16.2. The van der Waals surface area contributed by atoms with Gasteiger partial charge in [0.05, 0.1) is 0 Å². The number of benzene rings is 1. The smallest absolute Gasteiger partial charge is 0.227 e. The van der Waals surface area contributed by atoms with E-state index in [-0.39, 0.29) is 11.9 Å². The molecule has 2 N–H and O–H groups in total. The van der Waals surface area contributed by atoms with Gasteiger partial charge in [-0.2, -0.15) is 0 Å². The highest BCUT2D eigenvalue weighted by Crippen LogP contribution is 2.27. The first kappa shape index (κ1) is 11.1. The van der Waals surface area contributed by atoms with Crippen LogP contribution in [0.1, 0.15) is 24.5 Å². The lowest BCUT2D eigenvalue weighted by atomic mass is 9.97. The van der Waals surface area contributed by atoms with E-state index in [0.29, 0.717) is 6.42 Å². The van der Waals surface area contributed by atoms with Crippen molar-refractivity contribution in [3.8, 4) is 0 Å². The van der Waals surface area contributed by atoms with Crippen molar-refractivity contribution < 1.29 is 4.79 Å². The molecule has 0 aliphatic carbocycles. The topological polar surface area (TPSA) is 46.3 Å². The van der Waals surface area contributed by atoms with Gasteiger partial charge in [0.1, 0.15) is 0 Å². The van der Waals surface area contributed by atoms with Gasteiger partial charge in [-0.1, -0.05) is 12.1 Å². The van der Waals surface area contributed by atoms with Crippen molar-refractivity contribution in [2.75, 3.05) is 11.9 Å². The zero-order valence-corrected chi connectivity index (χ0v) is 9.86. The third kappa shape index (κ3) is 2.09. The van der Waals surface area contributed by atoms with E-state index in [9.17, 15) is 4.79 Å². The normalized spacial score (nSPS) is 17.2. The molecule has 1 aliphatic heterocycles. The molecule has 0 aromatic heterocycles. The van der Waals surface area contributed by atoms with E-state index in [4.69, 9.17) is 5.73 Å². The number of nitrogens with zero attached hydrogens (tertiary/aromatic N) is 1. The summed E-state index contributed by atoms with van der Waals surface area (Å²) in [5.74, 6) is 0.201. The molecule has 0 radical (unpaired) electrons. The average Bonchev–Trinajstić information content (AvgIpc) is 2.23. The van der Waals surface area contributed by atoms with Gasteiger partial charge >= 0.3 is 0 Å². The number of carbonyl (C=O) groups is 1. The minimum Gasteiger partial charge on any atom is -0.328 e. The molecule has 0 saturated heterocycles. The van der Waals surface area contributed by atoms with Gasteiger partial charge in [0.15, 0.2) is 0 Å². The maximum absolute atomic E-state index is 11.5. The van der Waals surface area contributed by atoms with Crippen molar-refractivity contribution >= 4 is 11.6 Å². The van der Waals surface area contributed by atoms with Gasteiger partial charge in [0.25, 0.3) is 0 Å². The molecule has 2 rings (SSSR count). The molecule has 1 atom stereocenters. The number of anilines is 1. The summed E-state index contributed by atoms with van der Waals surface area (Å²) in [6, 6.07) is 6.46. The number of aryl methyl sites for hydroxylation is 1. The molecular formula is C13H18N2O. The van der Waals surface area contributed by atoms with Crippen LogP contribution in [-0.2, 0) is 17.6 Å². The van der Waals surface area contributed by atoms with Crippen molar-refractivity contribution in [3.05, 3.63) is 29.3 Å². The van der Waals surface area contributed by atoms with Gasteiger partial charge in [0.2, 0.25) is 5.91 Å². The van der Waals surface area contributed by atoms with Crippen LogP contribution in [0, 0.1) is 0 Å². The molecule has 0 saturated carbocycles. The minimum absolute atomic E-state index is 0.181. The van der Waals surface area contributed by atoms with Gasteiger partial charge in [0, 0.05) is 25.2 Å². The number of nitrogens with two attached hydrogens (primary N) is 1. The fourth-order valence-electron chi connectivity index (χ4n) is 2.21. The van der Waals surface area contributed by atoms with Crippen LogP contribution in [0.3, 0.4) is 0 Å². The van der Waals surface area contributed by atoms with Gasteiger partial charge in [-0.05, 0) is 37.0 Å². The fraction of sp³-hybridized carbons (Fsp3) is 0.462. The lowest BCUT2D eigenvalue weighted by molar-refractivity contribution is -0.118. The number of rotatable bonds is 2. The summed E-state index contributed by atoms with van der Waals surface area (Å²) in [5, 5.41) is 0. The van der Waals surface area contributed by atoms with Crippen LogP contribution in [0.2, 0.25) is 0 Å². The molecule has 1 unspecified atom stereocenters. The van der Waals surface area contributed by atoms with E-state index in [1.165, 1.54) is 11.1 Å². The molecule has 0 bridgehead atoms. The van der Waals surface area contributed by atoms with Crippen molar-refractivity contribution in [2.45, 2.75) is 32.2 Å². The standard InChI is InChI=1S/C13H18N2O/c1-9(14)7-10-3-5-12-11(8-10)4-6-13(16)15(12)2/h3,5,8-9H,4,6-7,14H2,1-2H3. The summed E-state index contributed by atoms with van der Waals surface area (Å²) in [7, 11) is 1.84. The number of fused-ring (bicyclic) bond motifs is 1. The van der Waals surface area contributed by atoms with E-state index in [2.05, 4.69) is 12.1 Å². The van der Waals surface area contributed by atoms with E-state index >= 15 is 0 Å². The monoisotopic (exact) mass is 218 g/mol. The highest BCUT2D eigenvalue weighted by Gasteiger charge is 2.20. The minimum atomic E-state index is 0.181. The van der Waals surface area contributed by atoms with Gasteiger partial charge in [-0.25, -0.2) is 0 Å². The predicted octanol–water partition coefficient (Wildman–Crippen LogP) is 1.49. The number of amides is 1. The van der Waals surface area contributed by atoms with E-state index in [1.807, 2.05) is 20.0 Å². The lowest BCUT2D eigenvalue weighted by Gasteiger charge is -2.26. The molecule has 1 aromatic carbocycles. The fourth-order valence-corrected chi connectivity index (χ4v) is 2.21. The number of carbonyl (C=O) groups excluding carboxylic acids is 1. The van der Waals surface area contributed by atoms with Gasteiger partial charge in [-0.3, -0.25) is 4.79 Å². The largest absolute Gasteiger partial charge is 0.328 e. The molecular weight excluding hydrogens is 200 g/mol. The maximum Gasteiger partial charge on any atom is 0.227 e. The van der Waals surface area contributed by atoms with E-state index < -0.39 is 0 Å². The molecule has 16 heavy (non-hydrogen) atoms. The van der Waals surface area contributed by atoms with E-state index in [1.54, 1.807) is 4.90 Å². The summed E-state index contributed by atoms with van der Waals surface area (Å²) < 4.78 is 0. The first-order valence-electron chi connectivity index (χ1n) is 5.72. The summed E-state index contributed by atoms with van der Waals surface area (Å²) in [5.41, 5.74) is 9.36. The molecule has 1 aromatic rings. The van der Waals surface area contributed by atoms with Crippen molar-refractivity contribution in [3.63, 3.8) is 0 Å². The Morgan fingerprint density at radius 3 is 2.88 bits per heavy atom. The Bertz CT molecular complexity index is 412. The first-order valence-corrected chi connectivity index (χ1v) is 5.72. The summed E-state index contributed by atoms with van der Waals surface area (Å²) >= 11 is 0. The quantitative estimate of drug-likeness (QED) is 0.817. The van der Waals surface area contributed by atoms with Crippen LogP contribution < -0.4 is 10.6 Å². The average molecular weight is 218 g/mol. The van der Waals surface area contributed by atoms with E-state index in [0.717, 1.165) is 18.5 Å². The summed E-state index contributed by atoms with van der Waals surface area (Å²) in [4.78, 5) is 13.3.